The number of rotatable bonds is 5. The zero-order valence-electron chi connectivity index (χ0n) is 16.5. The first-order valence-electron chi connectivity index (χ1n) is 10.6. The first-order valence-corrected chi connectivity index (χ1v) is 11.4. The van der Waals surface area contributed by atoms with Gasteiger partial charge >= 0.3 is 0 Å². The van der Waals surface area contributed by atoms with Gasteiger partial charge in [-0.15, -0.1) is 11.3 Å². The van der Waals surface area contributed by atoms with E-state index in [0.29, 0.717) is 11.7 Å². The van der Waals surface area contributed by atoms with Crippen LogP contribution >= 0.6 is 11.3 Å². The standard InChI is InChI=1S/C22H26N4O2S/c27-20-11-17(12-26(20)19-7-6-15-4-3-5-16(15)10-19)21(28)24-22-23-18(14-29-22)13-25-8-1-2-9-25/h6-7,10,14,17H,1-5,8-9,11-13H2,(H,23,24,28)/t17-/m1/s1. The minimum atomic E-state index is -0.332. The largest absolute Gasteiger partial charge is 0.312 e. The van der Waals surface area contributed by atoms with Crippen molar-refractivity contribution in [2.24, 2.45) is 5.92 Å². The SMILES string of the molecule is O=C(Nc1nc(CN2CCCC2)cs1)[C@@H]1CC(=O)N(c2ccc3c(c2)CCC3)C1. The molecule has 0 unspecified atom stereocenters. The van der Waals surface area contributed by atoms with E-state index < -0.39 is 0 Å². The molecule has 2 fully saturated rings. The van der Waals surface area contributed by atoms with Crippen LogP contribution < -0.4 is 10.2 Å². The second-order valence-corrected chi connectivity index (χ2v) is 9.19. The van der Waals surface area contributed by atoms with E-state index in [0.717, 1.165) is 43.9 Å². The van der Waals surface area contributed by atoms with E-state index in [2.05, 4.69) is 27.3 Å². The molecule has 1 atom stereocenters. The molecule has 2 aromatic rings. The Hall–Kier alpha value is -2.25. The number of carbonyl (C=O) groups excluding carboxylic acids is 2. The lowest BCUT2D eigenvalue weighted by molar-refractivity contribution is -0.122. The van der Waals surface area contributed by atoms with E-state index in [9.17, 15) is 9.59 Å². The summed E-state index contributed by atoms with van der Waals surface area (Å²) in [4.78, 5) is 34.0. The van der Waals surface area contributed by atoms with Crippen molar-refractivity contribution in [2.45, 2.75) is 45.1 Å². The van der Waals surface area contributed by atoms with Crippen molar-refractivity contribution >= 4 is 34.0 Å². The Morgan fingerprint density at radius 1 is 1.17 bits per heavy atom. The number of nitrogens with one attached hydrogen (secondary N) is 1. The number of hydrogen-bond acceptors (Lipinski definition) is 5. The number of thiazole rings is 1. The van der Waals surface area contributed by atoms with Gasteiger partial charge in [0.1, 0.15) is 0 Å². The predicted molar refractivity (Wildman–Crippen MR) is 114 cm³/mol. The van der Waals surface area contributed by atoms with Gasteiger partial charge in [0.05, 0.1) is 11.6 Å². The highest BCUT2D eigenvalue weighted by Crippen LogP contribution is 2.31. The van der Waals surface area contributed by atoms with Crippen molar-refractivity contribution in [3.05, 3.63) is 40.4 Å². The molecule has 152 valence electrons. The van der Waals surface area contributed by atoms with Gasteiger partial charge in [-0.2, -0.15) is 0 Å². The Bertz CT molecular complexity index is 935. The minimum absolute atomic E-state index is 0.0250. The summed E-state index contributed by atoms with van der Waals surface area (Å²) in [7, 11) is 0. The summed E-state index contributed by atoms with van der Waals surface area (Å²) in [5.74, 6) is -0.414. The molecule has 2 aliphatic heterocycles. The summed E-state index contributed by atoms with van der Waals surface area (Å²) in [5.41, 5.74) is 4.67. The Kier molecular flexibility index (Phi) is 5.09. The van der Waals surface area contributed by atoms with Gasteiger partial charge in [-0.25, -0.2) is 4.98 Å². The minimum Gasteiger partial charge on any atom is -0.312 e. The number of hydrogen-bond donors (Lipinski definition) is 1. The maximum Gasteiger partial charge on any atom is 0.231 e. The molecule has 0 spiro atoms. The maximum atomic E-state index is 12.7. The normalized spacial score (nSPS) is 21.7. The molecule has 1 aromatic carbocycles. The van der Waals surface area contributed by atoms with E-state index in [4.69, 9.17) is 0 Å². The zero-order chi connectivity index (χ0) is 19.8. The van der Waals surface area contributed by atoms with Crippen molar-refractivity contribution in [1.29, 1.82) is 0 Å². The van der Waals surface area contributed by atoms with Crippen molar-refractivity contribution in [1.82, 2.24) is 9.88 Å². The Labute approximate surface area is 174 Å². The Morgan fingerprint density at radius 3 is 2.86 bits per heavy atom. The lowest BCUT2D eigenvalue weighted by Gasteiger charge is -2.17. The predicted octanol–water partition coefficient (Wildman–Crippen LogP) is 3.22. The van der Waals surface area contributed by atoms with Gasteiger partial charge in [0.2, 0.25) is 11.8 Å². The molecular formula is C22H26N4O2S. The van der Waals surface area contributed by atoms with Crippen LogP contribution in [-0.2, 0) is 29.0 Å². The molecule has 3 aliphatic rings. The second-order valence-electron chi connectivity index (χ2n) is 8.33. The van der Waals surface area contributed by atoms with Crippen LogP contribution in [-0.4, -0.2) is 41.3 Å². The average Bonchev–Trinajstić information content (AvgIpc) is 3.49. The lowest BCUT2D eigenvalue weighted by atomic mass is 10.1. The lowest BCUT2D eigenvalue weighted by Crippen LogP contribution is -2.28. The fourth-order valence-corrected chi connectivity index (χ4v) is 5.38. The molecule has 0 radical (unpaired) electrons. The molecule has 7 heteroatoms. The molecule has 1 aliphatic carbocycles. The van der Waals surface area contributed by atoms with Crippen LogP contribution in [0.25, 0.3) is 0 Å². The number of amides is 2. The number of benzene rings is 1. The highest BCUT2D eigenvalue weighted by Gasteiger charge is 2.35. The molecule has 2 saturated heterocycles. The molecular weight excluding hydrogens is 384 g/mol. The Balaban J connectivity index is 1.21. The van der Waals surface area contributed by atoms with Crippen LogP contribution in [0.15, 0.2) is 23.6 Å². The molecule has 1 N–H and O–H groups in total. The Morgan fingerprint density at radius 2 is 2.00 bits per heavy atom. The van der Waals surface area contributed by atoms with Gasteiger partial charge in [0.15, 0.2) is 5.13 Å². The van der Waals surface area contributed by atoms with E-state index in [-0.39, 0.29) is 24.2 Å². The number of aromatic nitrogens is 1. The van der Waals surface area contributed by atoms with E-state index in [1.807, 2.05) is 11.4 Å². The van der Waals surface area contributed by atoms with Crippen LogP contribution in [0.1, 0.15) is 42.5 Å². The summed E-state index contributed by atoms with van der Waals surface area (Å²) in [6, 6.07) is 6.29. The van der Waals surface area contributed by atoms with Crippen LogP contribution in [0, 0.1) is 5.92 Å². The topological polar surface area (TPSA) is 65.5 Å². The van der Waals surface area contributed by atoms with E-state index in [1.54, 1.807) is 4.90 Å². The van der Waals surface area contributed by atoms with Crippen molar-refractivity contribution in [2.75, 3.05) is 29.9 Å². The quantitative estimate of drug-likeness (QED) is 0.822. The first kappa shape index (κ1) is 18.8. The summed E-state index contributed by atoms with van der Waals surface area (Å²) in [6.45, 7) is 3.54. The van der Waals surface area contributed by atoms with Gasteiger partial charge in [0, 0.05) is 30.6 Å². The fourth-order valence-electron chi connectivity index (χ4n) is 4.67. The number of anilines is 2. The van der Waals surface area contributed by atoms with Crippen molar-refractivity contribution < 1.29 is 9.59 Å². The molecule has 2 amide bonds. The molecule has 1 aromatic heterocycles. The third-order valence-corrected chi connectivity index (χ3v) is 7.06. The van der Waals surface area contributed by atoms with Crippen LogP contribution in [0.5, 0.6) is 0 Å². The zero-order valence-corrected chi connectivity index (χ0v) is 17.3. The highest BCUT2D eigenvalue weighted by molar-refractivity contribution is 7.13. The van der Waals surface area contributed by atoms with Gasteiger partial charge in [-0.3, -0.25) is 14.5 Å². The van der Waals surface area contributed by atoms with E-state index >= 15 is 0 Å². The summed E-state index contributed by atoms with van der Waals surface area (Å²) in [5, 5.41) is 5.58. The molecule has 3 heterocycles. The average molecular weight is 411 g/mol. The molecule has 0 bridgehead atoms. The van der Waals surface area contributed by atoms with E-state index in [1.165, 1.54) is 41.7 Å². The smallest absolute Gasteiger partial charge is 0.231 e. The molecule has 0 saturated carbocycles. The van der Waals surface area contributed by atoms with Gasteiger partial charge in [0.25, 0.3) is 0 Å². The molecule has 6 nitrogen and oxygen atoms in total. The summed E-state index contributed by atoms with van der Waals surface area (Å²) in [6.07, 6.45) is 6.16. The number of likely N-dealkylation sites (tertiary alicyclic amines) is 1. The number of carbonyl (C=O) groups is 2. The van der Waals surface area contributed by atoms with Gasteiger partial charge < -0.3 is 10.2 Å². The third-order valence-electron chi connectivity index (χ3n) is 6.26. The van der Waals surface area contributed by atoms with Gasteiger partial charge in [-0.05, 0) is 68.5 Å². The second kappa shape index (κ2) is 7.88. The first-order chi connectivity index (χ1) is 14.2. The van der Waals surface area contributed by atoms with Gasteiger partial charge in [-0.1, -0.05) is 6.07 Å². The maximum absolute atomic E-state index is 12.7. The van der Waals surface area contributed by atoms with Crippen LogP contribution in [0.3, 0.4) is 0 Å². The number of fused-ring (bicyclic) bond motifs is 1. The monoisotopic (exact) mass is 410 g/mol. The molecule has 5 rings (SSSR count). The summed E-state index contributed by atoms with van der Waals surface area (Å²) < 4.78 is 0. The van der Waals surface area contributed by atoms with Crippen molar-refractivity contribution in [3.8, 4) is 0 Å². The number of nitrogens with zero attached hydrogens (tertiary/aromatic N) is 3. The van der Waals surface area contributed by atoms with Crippen LogP contribution in [0.2, 0.25) is 0 Å². The fraction of sp³-hybridized carbons (Fsp3) is 0.500. The summed E-state index contributed by atoms with van der Waals surface area (Å²) >= 11 is 1.46. The number of aryl methyl sites for hydroxylation is 2. The highest BCUT2D eigenvalue weighted by atomic mass is 32.1. The van der Waals surface area contributed by atoms with Crippen LogP contribution in [0.4, 0.5) is 10.8 Å². The molecule has 29 heavy (non-hydrogen) atoms. The third kappa shape index (κ3) is 3.94. The van der Waals surface area contributed by atoms with Crippen molar-refractivity contribution in [3.63, 3.8) is 0 Å².